The summed E-state index contributed by atoms with van der Waals surface area (Å²) >= 11 is 0. The highest BCUT2D eigenvalue weighted by Crippen LogP contribution is 2.25. The summed E-state index contributed by atoms with van der Waals surface area (Å²) in [6.07, 6.45) is 1.52. The number of hydrogen-bond donors (Lipinski definition) is 1. The van der Waals surface area contributed by atoms with E-state index in [1.54, 1.807) is 42.5 Å². The van der Waals surface area contributed by atoms with Crippen LogP contribution in [0.15, 0.2) is 88.9 Å². The number of ether oxygens (including phenoxy) is 1. The fourth-order valence-electron chi connectivity index (χ4n) is 3.09. The van der Waals surface area contributed by atoms with Crippen LogP contribution >= 0.6 is 0 Å². The predicted molar refractivity (Wildman–Crippen MR) is 130 cm³/mol. The first-order chi connectivity index (χ1) is 15.8. The van der Waals surface area contributed by atoms with Crippen LogP contribution in [0.3, 0.4) is 0 Å². The largest absolute Gasteiger partial charge is 0.497 e. The van der Waals surface area contributed by atoms with Crippen molar-refractivity contribution in [2.75, 3.05) is 18.0 Å². The summed E-state index contributed by atoms with van der Waals surface area (Å²) in [5, 5.41) is 3.98. The molecule has 0 aliphatic rings. The van der Waals surface area contributed by atoms with Gasteiger partial charge in [-0.1, -0.05) is 56.3 Å². The molecule has 0 atom stereocenters. The second-order valence-electron chi connectivity index (χ2n) is 7.64. The van der Waals surface area contributed by atoms with Gasteiger partial charge in [-0.25, -0.2) is 13.8 Å². The van der Waals surface area contributed by atoms with Crippen molar-refractivity contribution in [1.29, 1.82) is 0 Å². The lowest BCUT2D eigenvalue weighted by Crippen LogP contribution is -2.39. The molecule has 0 aromatic heterocycles. The van der Waals surface area contributed by atoms with Crippen molar-refractivity contribution < 1.29 is 17.9 Å². The maximum absolute atomic E-state index is 13.3. The number of carbonyl (C=O) groups is 1. The number of carbonyl (C=O) groups excluding carboxylic acids is 1. The third kappa shape index (κ3) is 6.20. The molecule has 0 saturated heterocycles. The SMILES string of the molecule is COc1ccc(N(CC(=O)N/N=C/c2ccc(C(C)C)cc2)S(=O)(=O)c2ccccc2)cc1. The highest BCUT2D eigenvalue weighted by Gasteiger charge is 2.27. The molecule has 0 unspecified atom stereocenters. The van der Waals surface area contributed by atoms with Gasteiger partial charge in [-0.2, -0.15) is 5.10 Å². The van der Waals surface area contributed by atoms with E-state index in [0.29, 0.717) is 17.4 Å². The second kappa shape index (κ2) is 10.8. The van der Waals surface area contributed by atoms with Crippen LogP contribution in [0, 0.1) is 0 Å². The summed E-state index contributed by atoms with van der Waals surface area (Å²) < 4.78 is 32.8. The molecule has 3 aromatic carbocycles. The second-order valence-corrected chi connectivity index (χ2v) is 9.50. The highest BCUT2D eigenvalue weighted by atomic mass is 32.2. The van der Waals surface area contributed by atoms with Gasteiger partial charge < -0.3 is 4.74 Å². The molecule has 0 aliphatic heterocycles. The minimum atomic E-state index is -3.98. The summed E-state index contributed by atoms with van der Waals surface area (Å²) in [5.41, 5.74) is 4.78. The Labute approximate surface area is 194 Å². The van der Waals surface area contributed by atoms with Crippen LogP contribution in [0.2, 0.25) is 0 Å². The van der Waals surface area contributed by atoms with Gasteiger partial charge in [0.1, 0.15) is 12.3 Å². The zero-order valence-electron chi connectivity index (χ0n) is 18.8. The van der Waals surface area contributed by atoms with Gasteiger partial charge in [0, 0.05) is 0 Å². The number of nitrogens with zero attached hydrogens (tertiary/aromatic N) is 2. The molecule has 8 heteroatoms. The molecule has 1 N–H and O–H groups in total. The summed E-state index contributed by atoms with van der Waals surface area (Å²) in [6.45, 7) is 3.79. The zero-order valence-corrected chi connectivity index (χ0v) is 19.6. The van der Waals surface area contributed by atoms with Crippen LogP contribution in [0.25, 0.3) is 0 Å². The fraction of sp³-hybridized carbons (Fsp3) is 0.200. The first-order valence-electron chi connectivity index (χ1n) is 10.4. The molecule has 0 saturated carbocycles. The number of nitrogens with one attached hydrogen (secondary N) is 1. The summed E-state index contributed by atoms with van der Waals surface area (Å²) in [6, 6.07) is 22.3. The lowest BCUT2D eigenvalue weighted by molar-refractivity contribution is -0.119. The van der Waals surface area contributed by atoms with E-state index < -0.39 is 22.5 Å². The van der Waals surface area contributed by atoms with Gasteiger partial charge in [-0.3, -0.25) is 9.10 Å². The first-order valence-corrected chi connectivity index (χ1v) is 11.9. The van der Waals surface area contributed by atoms with E-state index in [4.69, 9.17) is 4.74 Å². The molecular weight excluding hydrogens is 438 g/mol. The lowest BCUT2D eigenvalue weighted by atomic mass is 10.0. The number of benzene rings is 3. The average Bonchev–Trinajstić information content (AvgIpc) is 2.83. The van der Waals surface area contributed by atoms with Crippen molar-refractivity contribution >= 4 is 27.8 Å². The van der Waals surface area contributed by atoms with Crippen LogP contribution in [-0.2, 0) is 14.8 Å². The number of methoxy groups -OCH3 is 1. The normalized spacial score (nSPS) is 11.5. The minimum absolute atomic E-state index is 0.0855. The Morgan fingerprint density at radius 2 is 1.64 bits per heavy atom. The molecule has 33 heavy (non-hydrogen) atoms. The zero-order chi connectivity index (χ0) is 23.8. The van der Waals surface area contributed by atoms with Gasteiger partial charge in [0.15, 0.2) is 0 Å². The Hall–Kier alpha value is -3.65. The van der Waals surface area contributed by atoms with E-state index in [1.165, 1.54) is 31.0 Å². The first kappa shape index (κ1) is 24.0. The lowest BCUT2D eigenvalue weighted by Gasteiger charge is -2.23. The predicted octanol–water partition coefficient (Wildman–Crippen LogP) is 4.16. The third-order valence-electron chi connectivity index (χ3n) is 4.98. The molecule has 0 fully saturated rings. The van der Waals surface area contributed by atoms with Crippen LogP contribution in [0.4, 0.5) is 5.69 Å². The van der Waals surface area contributed by atoms with E-state index in [2.05, 4.69) is 24.4 Å². The molecule has 0 radical (unpaired) electrons. The molecule has 0 bridgehead atoms. The summed E-state index contributed by atoms with van der Waals surface area (Å²) in [7, 11) is -2.46. The topological polar surface area (TPSA) is 88.1 Å². The Morgan fingerprint density at radius 1 is 1.00 bits per heavy atom. The molecule has 0 spiro atoms. The standard InChI is InChI=1S/C25H27N3O4S/c1-19(2)21-11-9-20(10-12-21)17-26-27-25(29)18-28(22-13-15-23(32-3)16-14-22)33(30,31)24-7-5-4-6-8-24/h4-17,19H,18H2,1-3H3,(H,27,29)/b26-17+. The van der Waals surface area contributed by atoms with E-state index >= 15 is 0 Å². The van der Waals surface area contributed by atoms with Crippen molar-refractivity contribution in [3.63, 3.8) is 0 Å². The van der Waals surface area contributed by atoms with Gasteiger partial charge >= 0.3 is 0 Å². The van der Waals surface area contributed by atoms with Crippen molar-refractivity contribution in [1.82, 2.24) is 5.43 Å². The molecule has 3 rings (SSSR count). The van der Waals surface area contributed by atoms with Crippen molar-refractivity contribution in [3.05, 3.63) is 90.0 Å². The van der Waals surface area contributed by atoms with Crippen LogP contribution in [0.1, 0.15) is 30.9 Å². The fourth-order valence-corrected chi connectivity index (χ4v) is 4.54. The van der Waals surface area contributed by atoms with Gasteiger partial charge in [-0.15, -0.1) is 0 Å². The quantitative estimate of drug-likeness (QED) is 0.380. The average molecular weight is 466 g/mol. The van der Waals surface area contributed by atoms with Gasteiger partial charge in [0.2, 0.25) is 0 Å². The molecule has 0 aliphatic carbocycles. The Kier molecular flexibility index (Phi) is 7.84. The van der Waals surface area contributed by atoms with E-state index in [0.717, 1.165) is 9.87 Å². The molecular formula is C25H27N3O4S. The molecule has 7 nitrogen and oxygen atoms in total. The molecule has 3 aromatic rings. The maximum atomic E-state index is 13.3. The summed E-state index contributed by atoms with van der Waals surface area (Å²) in [4.78, 5) is 12.7. The van der Waals surface area contributed by atoms with E-state index in [9.17, 15) is 13.2 Å². The maximum Gasteiger partial charge on any atom is 0.264 e. The number of rotatable bonds is 9. The molecule has 0 heterocycles. The molecule has 172 valence electrons. The van der Waals surface area contributed by atoms with Crippen molar-refractivity contribution in [2.24, 2.45) is 5.10 Å². The van der Waals surface area contributed by atoms with E-state index in [-0.39, 0.29) is 4.90 Å². The number of hydrazone groups is 1. The number of sulfonamides is 1. The van der Waals surface area contributed by atoms with Crippen LogP contribution in [-0.4, -0.2) is 34.2 Å². The van der Waals surface area contributed by atoms with Gasteiger partial charge in [-0.05, 0) is 53.4 Å². The highest BCUT2D eigenvalue weighted by molar-refractivity contribution is 7.92. The van der Waals surface area contributed by atoms with Gasteiger partial charge in [0.05, 0.1) is 23.9 Å². The number of anilines is 1. The smallest absolute Gasteiger partial charge is 0.264 e. The molecule has 1 amide bonds. The Morgan fingerprint density at radius 3 is 2.21 bits per heavy atom. The van der Waals surface area contributed by atoms with E-state index in [1.807, 2.05) is 24.3 Å². The van der Waals surface area contributed by atoms with Crippen LogP contribution < -0.4 is 14.5 Å². The minimum Gasteiger partial charge on any atom is -0.497 e. The van der Waals surface area contributed by atoms with Crippen molar-refractivity contribution in [3.8, 4) is 5.75 Å². The Bertz CT molecular complexity index is 1190. The number of hydrogen-bond acceptors (Lipinski definition) is 5. The monoisotopic (exact) mass is 465 g/mol. The van der Waals surface area contributed by atoms with Crippen molar-refractivity contribution in [2.45, 2.75) is 24.7 Å². The van der Waals surface area contributed by atoms with Crippen LogP contribution in [0.5, 0.6) is 5.75 Å². The number of amides is 1. The third-order valence-corrected chi connectivity index (χ3v) is 6.77. The Balaban J connectivity index is 1.78. The van der Waals surface area contributed by atoms with Gasteiger partial charge in [0.25, 0.3) is 15.9 Å². The summed E-state index contributed by atoms with van der Waals surface area (Å²) in [5.74, 6) is 0.430.